The van der Waals surface area contributed by atoms with Gasteiger partial charge in [0.25, 0.3) is 0 Å². The Morgan fingerprint density at radius 3 is 2.31 bits per heavy atom. The molecule has 0 aromatic carbocycles. The summed E-state index contributed by atoms with van der Waals surface area (Å²) in [5, 5.41) is 2.75. The van der Waals surface area contributed by atoms with Gasteiger partial charge < -0.3 is 10.2 Å². The minimum atomic E-state index is -0.634. The maximum atomic E-state index is 10.9. The Bertz CT molecular complexity index is 238. The van der Waals surface area contributed by atoms with Gasteiger partial charge in [-0.3, -0.25) is 4.79 Å². The van der Waals surface area contributed by atoms with Gasteiger partial charge in [0.05, 0.1) is 0 Å². The molecule has 0 bridgehead atoms. The molecule has 0 spiro atoms. The number of hydrogen-bond donors (Lipinski definition) is 1. The fourth-order valence-corrected chi connectivity index (χ4v) is 1.16. The Morgan fingerprint density at radius 2 is 2.08 bits per heavy atom. The van der Waals surface area contributed by atoms with Crippen molar-refractivity contribution >= 4 is 23.1 Å². The van der Waals surface area contributed by atoms with Crippen molar-refractivity contribution in [2.24, 2.45) is 0 Å². The summed E-state index contributed by atoms with van der Waals surface area (Å²) in [5.74, 6) is -0.119. The first-order valence-electron chi connectivity index (χ1n) is 3.97. The van der Waals surface area contributed by atoms with E-state index in [2.05, 4.69) is 11.9 Å². The summed E-state index contributed by atoms with van der Waals surface area (Å²) in [6.45, 7) is 6.94. The van der Waals surface area contributed by atoms with Gasteiger partial charge in [-0.1, -0.05) is 18.3 Å². The van der Waals surface area contributed by atoms with Crippen LogP contribution in [0.2, 0.25) is 0 Å². The highest BCUT2D eigenvalue weighted by Crippen LogP contribution is 2.10. The van der Waals surface area contributed by atoms with Crippen LogP contribution in [0.25, 0.3) is 0 Å². The van der Waals surface area contributed by atoms with Crippen LogP contribution >= 0.6 is 12.2 Å². The molecule has 1 unspecified atom stereocenters. The van der Waals surface area contributed by atoms with Crippen molar-refractivity contribution in [2.75, 3.05) is 14.1 Å². The van der Waals surface area contributed by atoms with E-state index in [0.29, 0.717) is 4.99 Å². The van der Waals surface area contributed by atoms with Crippen LogP contribution in [0.5, 0.6) is 0 Å². The van der Waals surface area contributed by atoms with Gasteiger partial charge in [0.2, 0.25) is 5.91 Å². The fourth-order valence-electron chi connectivity index (χ4n) is 1.02. The van der Waals surface area contributed by atoms with Crippen molar-refractivity contribution in [1.29, 1.82) is 0 Å². The molecule has 0 heterocycles. The molecule has 0 fully saturated rings. The van der Waals surface area contributed by atoms with E-state index in [-0.39, 0.29) is 5.91 Å². The largest absolute Gasteiger partial charge is 0.370 e. The summed E-state index contributed by atoms with van der Waals surface area (Å²) < 4.78 is 0. The number of amides is 1. The number of hydrogen-bond acceptors (Lipinski definition) is 2. The monoisotopic (exact) mass is 200 g/mol. The average Bonchev–Trinajstić information content (AvgIpc) is 2.01. The Hall–Kier alpha value is -0.900. The van der Waals surface area contributed by atoms with Gasteiger partial charge in [-0.2, -0.15) is 0 Å². The molecule has 0 saturated heterocycles. The number of rotatable bonds is 3. The second-order valence-electron chi connectivity index (χ2n) is 3.29. The van der Waals surface area contributed by atoms with Crippen molar-refractivity contribution in [3.63, 3.8) is 0 Å². The molecule has 0 saturated carbocycles. The standard InChI is InChI=1S/C9H16N2OS/c1-6-9(3,10-7(2)12)8(13)11(4)5/h6H,1H2,2-5H3,(H,10,12). The summed E-state index contributed by atoms with van der Waals surface area (Å²) >= 11 is 5.17. The van der Waals surface area contributed by atoms with E-state index < -0.39 is 5.54 Å². The maximum absolute atomic E-state index is 10.9. The van der Waals surface area contributed by atoms with Crippen LogP contribution in [0, 0.1) is 0 Å². The summed E-state index contributed by atoms with van der Waals surface area (Å²) in [6, 6.07) is 0. The lowest BCUT2D eigenvalue weighted by Gasteiger charge is -2.31. The van der Waals surface area contributed by atoms with Gasteiger partial charge in [0.1, 0.15) is 10.5 Å². The van der Waals surface area contributed by atoms with Crippen molar-refractivity contribution in [3.05, 3.63) is 12.7 Å². The lowest BCUT2D eigenvalue weighted by molar-refractivity contribution is -0.119. The van der Waals surface area contributed by atoms with Gasteiger partial charge in [0, 0.05) is 21.0 Å². The zero-order valence-electron chi connectivity index (χ0n) is 8.55. The quantitative estimate of drug-likeness (QED) is 0.544. The molecule has 1 N–H and O–H groups in total. The van der Waals surface area contributed by atoms with E-state index in [4.69, 9.17) is 12.2 Å². The highest BCUT2D eigenvalue weighted by molar-refractivity contribution is 7.80. The van der Waals surface area contributed by atoms with Crippen molar-refractivity contribution in [2.45, 2.75) is 19.4 Å². The van der Waals surface area contributed by atoms with Crippen LogP contribution < -0.4 is 5.32 Å². The SMILES string of the molecule is C=CC(C)(NC(C)=O)C(=S)N(C)C. The molecule has 4 heteroatoms. The third-order valence-electron chi connectivity index (χ3n) is 1.69. The van der Waals surface area contributed by atoms with Gasteiger partial charge in [-0.15, -0.1) is 6.58 Å². The van der Waals surface area contributed by atoms with Crippen LogP contribution in [0.1, 0.15) is 13.8 Å². The first kappa shape index (κ1) is 12.1. The number of carbonyl (C=O) groups excluding carboxylic acids is 1. The molecule has 0 radical (unpaired) electrons. The molecule has 74 valence electrons. The van der Waals surface area contributed by atoms with Crippen molar-refractivity contribution in [3.8, 4) is 0 Å². The van der Waals surface area contributed by atoms with Crippen LogP contribution in [0.4, 0.5) is 0 Å². The minimum Gasteiger partial charge on any atom is -0.370 e. The van der Waals surface area contributed by atoms with Crippen molar-refractivity contribution < 1.29 is 4.79 Å². The van der Waals surface area contributed by atoms with Gasteiger partial charge >= 0.3 is 0 Å². The van der Waals surface area contributed by atoms with Crippen LogP contribution in [-0.4, -0.2) is 35.4 Å². The number of nitrogens with zero attached hydrogens (tertiary/aromatic N) is 1. The van der Waals surface area contributed by atoms with Crippen LogP contribution in [-0.2, 0) is 4.79 Å². The summed E-state index contributed by atoms with van der Waals surface area (Å²) in [6.07, 6.45) is 1.64. The number of nitrogens with one attached hydrogen (secondary N) is 1. The van der Waals surface area contributed by atoms with E-state index in [0.717, 1.165) is 0 Å². The molecule has 1 atom stereocenters. The molecule has 0 aliphatic heterocycles. The first-order chi connectivity index (χ1) is 5.83. The Labute approximate surface area is 84.8 Å². The summed E-state index contributed by atoms with van der Waals surface area (Å²) in [7, 11) is 3.68. The highest BCUT2D eigenvalue weighted by atomic mass is 32.1. The fraction of sp³-hybridized carbons (Fsp3) is 0.556. The average molecular weight is 200 g/mol. The molecular formula is C9H16N2OS. The van der Waals surface area contributed by atoms with E-state index in [1.165, 1.54) is 6.92 Å². The van der Waals surface area contributed by atoms with E-state index in [9.17, 15) is 4.79 Å². The molecular weight excluding hydrogens is 184 g/mol. The second kappa shape index (κ2) is 4.37. The van der Waals surface area contributed by atoms with Crippen LogP contribution in [0.3, 0.4) is 0 Å². The third-order valence-corrected chi connectivity index (χ3v) is 2.48. The Kier molecular flexibility index (Phi) is 4.07. The molecule has 1 amide bonds. The molecule has 0 aromatic rings. The molecule has 13 heavy (non-hydrogen) atoms. The topological polar surface area (TPSA) is 32.3 Å². The number of thiocarbonyl (C=S) groups is 1. The number of carbonyl (C=O) groups is 1. The minimum absolute atomic E-state index is 0.119. The van der Waals surface area contributed by atoms with E-state index >= 15 is 0 Å². The smallest absolute Gasteiger partial charge is 0.217 e. The maximum Gasteiger partial charge on any atom is 0.217 e. The van der Waals surface area contributed by atoms with E-state index in [1.54, 1.807) is 11.0 Å². The molecule has 0 aliphatic carbocycles. The molecule has 0 aromatic heterocycles. The predicted octanol–water partition coefficient (Wildman–Crippen LogP) is 0.956. The lowest BCUT2D eigenvalue weighted by Crippen LogP contribution is -2.53. The highest BCUT2D eigenvalue weighted by Gasteiger charge is 2.27. The second-order valence-corrected chi connectivity index (χ2v) is 3.67. The predicted molar refractivity (Wildman–Crippen MR) is 58.7 cm³/mol. The zero-order chi connectivity index (χ0) is 10.6. The Balaban J connectivity index is 4.72. The van der Waals surface area contributed by atoms with Crippen molar-refractivity contribution in [1.82, 2.24) is 10.2 Å². The van der Waals surface area contributed by atoms with Gasteiger partial charge in [0.15, 0.2) is 0 Å². The molecule has 3 nitrogen and oxygen atoms in total. The van der Waals surface area contributed by atoms with Gasteiger partial charge in [-0.05, 0) is 6.92 Å². The summed E-state index contributed by atoms with van der Waals surface area (Å²) in [4.78, 5) is 13.3. The molecule has 0 aliphatic rings. The van der Waals surface area contributed by atoms with Crippen LogP contribution in [0.15, 0.2) is 12.7 Å². The lowest BCUT2D eigenvalue weighted by atomic mass is 10.0. The van der Waals surface area contributed by atoms with Gasteiger partial charge in [-0.25, -0.2) is 0 Å². The number of likely N-dealkylation sites (N-methyl/N-ethyl adjacent to an activating group) is 1. The normalized spacial score (nSPS) is 14.2. The first-order valence-corrected chi connectivity index (χ1v) is 4.38. The molecule has 0 rings (SSSR count). The van der Waals surface area contributed by atoms with E-state index in [1.807, 2.05) is 21.0 Å². The zero-order valence-corrected chi connectivity index (χ0v) is 9.36. The Morgan fingerprint density at radius 1 is 1.62 bits per heavy atom. The summed E-state index contributed by atoms with van der Waals surface area (Å²) in [5.41, 5.74) is -0.634. The third kappa shape index (κ3) is 3.14.